The van der Waals surface area contributed by atoms with E-state index < -0.39 is 0 Å². The number of nitrogen functional groups attached to an aromatic ring is 3. The van der Waals surface area contributed by atoms with Gasteiger partial charge >= 0.3 is 0 Å². The summed E-state index contributed by atoms with van der Waals surface area (Å²) in [6.07, 6.45) is 22.8. The third-order valence-electron chi connectivity index (χ3n) is 14.8. The van der Waals surface area contributed by atoms with Crippen molar-refractivity contribution in [3.8, 4) is 33.4 Å². The van der Waals surface area contributed by atoms with Crippen LogP contribution in [-0.4, -0.2) is 68.8 Å². The van der Waals surface area contributed by atoms with E-state index in [-0.39, 0.29) is 17.9 Å². The SMILES string of the molecule is Cn1cc(-c2cnn3c(N)c(Br)c([C@@H]4CC[C@@H](c5cc(-c6cnn7c(N)cc([C@@H]8CC[C@H](c9cc(-c%10cnn%11c(N)cc([C@@H]%12CC[C@@H](N)C%12)nc%10%11)cn9C)C8)nc67)cn5C)C4)nc23)cn1. The molecule has 0 spiro atoms. The number of aromatic nitrogens is 13. The van der Waals surface area contributed by atoms with Gasteiger partial charge in [-0.25, -0.2) is 15.0 Å². The van der Waals surface area contributed by atoms with Crippen LogP contribution in [0.4, 0.5) is 17.5 Å². The third kappa shape index (κ3) is 6.54. The van der Waals surface area contributed by atoms with Gasteiger partial charge in [-0.15, -0.1) is 0 Å². The topological polar surface area (TPSA) is 222 Å². The molecule has 332 valence electrons. The zero-order chi connectivity index (χ0) is 44.4. The Morgan fingerprint density at radius 2 is 1.02 bits per heavy atom. The predicted octanol–water partition coefficient (Wildman–Crippen LogP) is 7.43. The van der Waals surface area contributed by atoms with Crippen LogP contribution in [0.15, 0.2) is 72.1 Å². The van der Waals surface area contributed by atoms with Gasteiger partial charge in [0.05, 0.1) is 35.0 Å². The predicted molar refractivity (Wildman–Crippen MR) is 254 cm³/mol. The summed E-state index contributed by atoms with van der Waals surface area (Å²) in [5.74, 6) is 3.26. The molecule has 3 saturated carbocycles. The van der Waals surface area contributed by atoms with Gasteiger partial charge in [0, 0.05) is 132 Å². The first kappa shape index (κ1) is 40.0. The number of nitrogens with two attached hydrogens (primary N) is 4. The zero-order valence-electron chi connectivity index (χ0n) is 36.7. The Bertz CT molecular complexity index is 3320. The van der Waals surface area contributed by atoms with Gasteiger partial charge in [-0.1, -0.05) is 0 Å². The minimum absolute atomic E-state index is 0.216. The molecule has 6 atom stereocenters. The Hall–Kier alpha value is -6.53. The molecule has 9 heterocycles. The van der Waals surface area contributed by atoms with Gasteiger partial charge in [-0.2, -0.15) is 33.9 Å². The maximum Gasteiger partial charge on any atom is 0.165 e. The van der Waals surface area contributed by atoms with E-state index in [9.17, 15) is 0 Å². The summed E-state index contributed by atoms with van der Waals surface area (Å²) in [6.45, 7) is 0. The summed E-state index contributed by atoms with van der Waals surface area (Å²) in [5, 5.41) is 18.3. The lowest BCUT2D eigenvalue weighted by atomic mass is 9.98. The summed E-state index contributed by atoms with van der Waals surface area (Å²) in [7, 11) is 6.17. The van der Waals surface area contributed by atoms with Gasteiger partial charge in [-0.3, -0.25) is 4.68 Å². The highest BCUT2D eigenvalue weighted by atomic mass is 79.9. The van der Waals surface area contributed by atoms with Crippen molar-refractivity contribution in [3.05, 3.63) is 101 Å². The molecule has 8 N–H and O–H groups in total. The van der Waals surface area contributed by atoms with Crippen LogP contribution in [0.5, 0.6) is 0 Å². The molecule has 0 bridgehead atoms. The number of hydrogen-bond acceptors (Lipinski definition) is 11. The van der Waals surface area contributed by atoms with Gasteiger partial charge < -0.3 is 32.1 Å². The van der Waals surface area contributed by atoms with E-state index in [1.54, 1.807) is 18.2 Å². The van der Waals surface area contributed by atoms with Crippen LogP contribution < -0.4 is 22.9 Å². The van der Waals surface area contributed by atoms with Gasteiger partial charge in [-0.05, 0) is 97.7 Å². The number of fused-ring (bicyclic) bond motifs is 3. The lowest BCUT2D eigenvalue weighted by molar-refractivity contribution is 0.632. The van der Waals surface area contributed by atoms with E-state index in [0.717, 1.165) is 130 Å². The van der Waals surface area contributed by atoms with Crippen molar-refractivity contribution in [2.75, 3.05) is 17.2 Å². The van der Waals surface area contributed by atoms with E-state index in [4.69, 9.17) is 43.0 Å². The molecule has 9 aromatic rings. The van der Waals surface area contributed by atoms with Crippen LogP contribution in [0, 0.1) is 0 Å². The average molecular weight is 935 g/mol. The van der Waals surface area contributed by atoms with Gasteiger partial charge in [0.1, 0.15) is 17.5 Å². The highest BCUT2D eigenvalue weighted by Crippen LogP contribution is 2.48. The highest BCUT2D eigenvalue weighted by molar-refractivity contribution is 9.10. The lowest BCUT2D eigenvalue weighted by Crippen LogP contribution is -2.15. The van der Waals surface area contributed by atoms with Crippen molar-refractivity contribution in [1.29, 1.82) is 0 Å². The molecule has 0 radical (unpaired) electrons. The fourth-order valence-electron chi connectivity index (χ4n) is 11.5. The minimum Gasteiger partial charge on any atom is -0.384 e. The van der Waals surface area contributed by atoms with Crippen molar-refractivity contribution < 1.29 is 0 Å². The van der Waals surface area contributed by atoms with Crippen molar-refractivity contribution in [3.63, 3.8) is 0 Å². The van der Waals surface area contributed by atoms with Crippen LogP contribution in [-0.2, 0) is 21.1 Å². The number of anilines is 3. The number of hydrogen-bond donors (Lipinski definition) is 4. The molecule has 3 fully saturated rings. The van der Waals surface area contributed by atoms with E-state index in [1.165, 1.54) is 11.4 Å². The number of aryl methyl sites for hydroxylation is 3. The average Bonchev–Trinajstić information content (AvgIpc) is 4.13. The van der Waals surface area contributed by atoms with Crippen molar-refractivity contribution in [1.82, 2.24) is 62.7 Å². The van der Waals surface area contributed by atoms with Crippen molar-refractivity contribution in [2.45, 2.75) is 93.4 Å². The molecule has 0 saturated heterocycles. The Morgan fingerprint density at radius 1 is 0.523 bits per heavy atom. The Labute approximate surface area is 383 Å². The van der Waals surface area contributed by atoms with Crippen molar-refractivity contribution >= 4 is 50.3 Å². The maximum atomic E-state index is 6.75. The van der Waals surface area contributed by atoms with Crippen LogP contribution >= 0.6 is 15.9 Å². The van der Waals surface area contributed by atoms with E-state index >= 15 is 0 Å². The molecule has 18 heteroatoms. The highest BCUT2D eigenvalue weighted by Gasteiger charge is 2.34. The first-order chi connectivity index (χ1) is 31.4. The fourth-order valence-corrected chi connectivity index (χ4v) is 12.0. The standard InChI is InChI=1S/C47H52BrN17/c1-60-21-29(34-19-55-64-41(51)16-37(58-46(34)64)25-8-9-32(49)12-25)13-38(60)26-5-4-24(10-26)36-15-40(50)63-45(57-36)33(18-54-63)30-14-39(61(2)22-30)27-6-7-28(11-27)43-42(48)44(52)65-47(59-43)35(20-56-65)31-17-53-62(3)23-31/h13-28,32H,4-12,49-52H2,1-3H3/t24-,25-,26+,27-,28-,32-/m1/s1. The molecule has 9 aromatic heterocycles. The third-order valence-corrected chi connectivity index (χ3v) is 15.6. The molecule has 0 unspecified atom stereocenters. The molecule has 0 aromatic carbocycles. The van der Waals surface area contributed by atoms with E-state index in [1.807, 2.05) is 50.2 Å². The first-order valence-corrected chi connectivity index (χ1v) is 23.4. The number of rotatable bonds is 8. The maximum absolute atomic E-state index is 6.75. The monoisotopic (exact) mass is 933 g/mol. The smallest absolute Gasteiger partial charge is 0.165 e. The molecule has 65 heavy (non-hydrogen) atoms. The van der Waals surface area contributed by atoms with E-state index in [2.05, 4.69) is 79.0 Å². The molecule has 0 aliphatic heterocycles. The summed E-state index contributed by atoms with van der Waals surface area (Å²) >= 11 is 3.80. The summed E-state index contributed by atoms with van der Waals surface area (Å²) in [5.41, 5.74) is 40.1. The first-order valence-electron chi connectivity index (χ1n) is 22.6. The Kier molecular flexibility index (Phi) is 9.24. The van der Waals surface area contributed by atoms with Gasteiger partial charge in [0.2, 0.25) is 0 Å². The van der Waals surface area contributed by atoms with Crippen LogP contribution in [0.1, 0.15) is 116 Å². The van der Waals surface area contributed by atoms with Gasteiger partial charge in [0.25, 0.3) is 0 Å². The summed E-state index contributed by atoms with van der Waals surface area (Å²) in [6, 6.07) is 8.82. The molecule has 0 amide bonds. The van der Waals surface area contributed by atoms with Gasteiger partial charge in [0.15, 0.2) is 16.9 Å². The second-order valence-corrected chi connectivity index (χ2v) is 19.7. The second-order valence-electron chi connectivity index (χ2n) is 18.9. The largest absolute Gasteiger partial charge is 0.384 e. The Morgan fingerprint density at radius 3 is 1.57 bits per heavy atom. The van der Waals surface area contributed by atoms with E-state index in [0.29, 0.717) is 35.2 Å². The van der Waals surface area contributed by atoms with Crippen LogP contribution in [0.3, 0.4) is 0 Å². The Balaban J connectivity index is 0.786. The molecular formula is C47H52BrN17. The molecular weight excluding hydrogens is 883 g/mol. The second kappa shape index (κ2) is 15.0. The number of nitrogens with zero attached hydrogens (tertiary/aromatic N) is 13. The normalized spacial score (nSPS) is 22.5. The fraction of sp³-hybridized carbons (Fsp3) is 0.383. The van der Waals surface area contributed by atoms with Crippen LogP contribution in [0.25, 0.3) is 50.3 Å². The summed E-state index contributed by atoms with van der Waals surface area (Å²) in [4.78, 5) is 15.6. The lowest BCUT2D eigenvalue weighted by Gasteiger charge is -2.15. The molecule has 3 aliphatic carbocycles. The quantitative estimate of drug-likeness (QED) is 0.117. The molecule has 12 rings (SSSR count). The zero-order valence-corrected chi connectivity index (χ0v) is 38.3. The minimum atomic E-state index is 0.216. The summed E-state index contributed by atoms with van der Waals surface area (Å²) < 4.78 is 12.3. The van der Waals surface area contributed by atoms with Crippen molar-refractivity contribution in [2.24, 2.45) is 26.9 Å². The number of halogens is 1. The molecule has 17 nitrogen and oxygen atoms in total. The van der Waals surface area contributed by atoms with Crippen LogP contribution in [0.2, 0.25) is 0 Å². The molecule has 3 aliphatic rings.